The molecule has 3 rings (SSSR count). The molecule has 2 atom stereocenters. The Labute approximate surface area is 133 Å². The summed E-state index contributed by atoms with van der Waals surface area (Å²) in [7, 11) is 2.05. The number of aliphatic hydroxyl groups is 2. The highest BCUT2D eigenvalue weighted by atomic mass is 16.5. The van der Waals surface area contributed by atoms with Gasteiger partial charge < -0.3 is 34.4 Å². The monoisotopic (exact) mass is 320 g/mol. The maximum atomic E-state index is 10.3. The molecule has 0 saturated carbocycles. The molecule has 0 aromatic heterocycles. The van der Waals surface area contributed by atoms with Crippen LogP contribution in [0.15, 0.2) is 0 Å². The Kier molecular flexibility index (Phi) is 8.02. The number of fused-ring (bicyclic) bond motifs is 14. The summed E-state index contributed by atoms with van der Waals surface area (Å²) in [6, 6.07) is 0. The lowest BCUT2D eigenvalue weighted by molar-refractivity contribution is -0.931. The van der Waals surface area contributed by atoms with Crippen LogP contribution in [0.2, 0.25) is 0 Å². The molecule has 0 unspecified atom stereocenters. The van der Waals surface area contributed by atoms with Crippen molar-refractivity contribution in [2.24, 2.45) is 0 Å². The number of hydrogen-bond acceptors (Lipinski definition) is 4. The quantitative estimate of drug-likeness (QED) is 0.308. The van der Waals surface area contributed by atoms with Gasteiger partial charge in [-0.05, 0) is 0 Å². The van der Waals surface area contributed by atoms with Crippen molar-refractivity contribution < 1.29 is 34.4 Å². The fourth-order valence-corrected chi connectivity index (χ4v) is 3.43. The van der Waals surface area contributed by atoms with Crippen LogP contribution in [0.1, 0.15) is 0 Å². The molecule has 130 valence electrons. The van der Waals surface area contributed by atoms with Crippen LogP contribution >= 0.6 is 0 Å². The van der Waals surface area contributed by atoms with Gasteiger partial charge in [0.1, 0.15) is 52.4 Å². The molecule has 3 aliphatic rings. The molecule has 0 spiro atoms. The minimum atomic E-state index is -0.350. The van der Waals surface area contributed by atoms with Gasteiger partial charge in [-0.2, -0.15) is 0 Å². The summed E-state index contributed by atoms with van der Waals surface area (Å²) in [6.07, 6.45) is -0.701. The molecule has 3 aliphatic heterocycles. The Balaban J connectivity index is 2.04. The third kappa shape index (κ3) is 6.87. The zero-order chi connectivity index (χ0) is 15.8. The van der Waals surface area contributed by atoms with Crippen LogP contribution in [0.4, 0.5) is 0 Å². The number of quaternary nitrogens is 3. The first kappa shape index (κ1) is 18.1. The third-order valence-electron chi connectivity index (χ3n) is 4.62. The number of aliphatic hydroxyl groups excluding tert-OH is 2. The van der Waals surface area contributed by atoms with E-state index >= 15 is 0 Å². The SMILES string of the molecule is C[NH+]1C[C@@H](O)C[NH+]2CCOCC[NH+](CCOCC2)C[C@H](O)C1. The van der Waals surface area contributed by atoms with Crippen molar-refractivity contribution in [1.82, 2.24) is 0 Å². The fourth-order valence-electron chi connectivity index (χ4n) is 3.43. The summed E-state index contributed by atoms with van der Waals surface area (Å²) in [5.74, 6) is 0. The van der Waals surface area contributed by atoms with Crippen LogP contribution in [0.25, 0.3) is 0 Å². The minimum Gasteiger partial charge on any atom is -0.382 e. The third-order valence-corrected chi connectivity index (χ3v) is 4.62. The van der Waals surface area contributed by atoms with E-state index in [4.69, 9.17) is 9.47 Å². The average Bonchev–Trinajstić information content (AvgIpc) is 2.42. The lowest BCUT2D eigenvalue weighted by atomic mass is 10.2. The van der Waals surface area contributed by atoms with Gasteiger partial charge in [-0.25, -0.2) is 0 Å². The number of ether oxygens (including phenoxy) is 2. The van der Waals surface area contributed by atoms with Crippen LogP contribution in [0, 0.1) is 0 Å². The fraction of sp³-hybridized carbons (Fsp3) is 1.00. The van der Waals surface area contributed by atoms with E-state index in [9.17, 15) is 10.2 Å². The maximum Gasteiger partial charge on any atom is 0.152 e. The van der Waals surface area contributed by atoms with Gasteiger partial charge in [0, 0.05) is 0 Å². The van der Waals surface area contributed by atoms with E-state index in [-0.39, 0.29) is 12.2 Å². The largest absolute Gasteiger partial charge is 0.382 e. The molecule has 2 bridgehead atoms. The van der Waals surface area contributed by atoms with Gasteiger partial charge >= 0.3 is 0 Å². The lowest BCUT2D eigenvalue weighted by Gasteiger charge is -2.28. The second-order valence-electron chi connectivity index (χ2n) is 6.81. The van der Waals surface area contributed by atoms with Crippen molar-refractivity contribution in [1.29, 1.82) is 0 Å². The molecule has 7 heteroatoms. The van der Waals surface area contributed by atoms with Gasteiger partial charge in [0.2, 0.25) is 0 Å². The molecule has 3 saturated heterocycles. The number of rotatable bonds is 0. The highest BCUT2D eigenvalue weighted by Gasteiger charge is 2.24. The predicted octanol–water partition coefficient (Wildman–Crippen LogP) is -5.95. The van der Waals surface area contributed by atoms with Crippen LogP contribution in [0.3, 0.4) is 0 Å². The van der Waals surface area contributed by atoms with Crippen molar-refractivity contribution in [2.75, 3.05) is 85.8 Å². The van der Waals surface area contributed by atoms with Crippen molar-refractivity contribution in [2.45, 2.75) is 12.2 Å². The number of nitrogens with one attached hydrogen (secondary N) is 3. The molecule has 0 amide bonds. The van der Waals surface area contributed by atoms with E-state index in [1.165, 1.54) is 14.7 Å². The Morgan fingerprint density at radius 2 is 1.05 bits per heavy atom. The zero-order valence-corrected chi connectivity index (χ0v) is 13.9. The predicted molar refractivity (Wildman–Crippen MR) is 81.4 cm³/mol. The molecule has 0 aliphatic carbocycles. The van der Waals surface area contributed by atoms with E-state index < -0.39 is 0 Å². The lowest BCUT2D eigenvalue weighted by Crippen LogP contribution is -3.18. The smallest absolute Gasteiger partial charge is 0.152 e. The summed E-state index contributed by atoms with van der Waals surface area (Å²) >= 11 is 0. The normalized spacial score (nSPS) is 40.2. The van der Waals surface area contributed by atoms with Gasteiger partial charge in [-0.3, -0.25) is 0 Å². The average molecular weight is 320 g/mol. The first-order chi connectivity index (χ1) is 10.6. The van der Waals surface area contributed by atoms with E-state index in [0.29, 0.717) is 13.1 Å². The first-order valence-corrected chi connectivity index (χ1v) is 8.63. The van der Waals surface area contributed by atoms with Crippen molar-refractivity contribution in [3.8, 4) is 0 Å². The number of likely N-dealkylation sites (N-methyl/N-ethyl adjacent to an activating group) is 1. The second-order valence-corrected chi connectivity index (χ2v) is 6.81. The van der Waals surface area contributed by atoms with Gasteiger partial charge in [-0.15, -0.1) is 0 Å². The Morgan fingerprint density at radius 1 is 0.682 bits per heavy atom. The van der Waals surface area contributed by atoms with Crippen LogP contribution < -0.4 is 14.7 Å². The molecule has 0 radical (unpaired) electrons. The summed E-state index contributed by atoms with van der Waals surface area (Å²) in [5.41, 5.74) is 0. The number of hydrogen-bond donors (Lipinski definition) is 5. The molecule has 3 fully saturated rings. The van der Waals surface area contributed by atoms with Gasteiger partial charge in [0.25, 0.3) is 0 Å². The summed E-state index contributed by atoms with van der Waals surface area (Å²) in [4.78, 5) is 3.87. The van der Waals surface area contributed by atoms with E-state index in [1.807, 2.05) is 0 Å². The Bertz CT molecular complexity index is 269. The van der Waals surface area contributed by atoms with Crippen LogP contribution in [-0.4, -0.2) is 108 Å². The summed E-state index contributed by atoms with van der Waals surface area (Å²) < 4.78 is 11.5. The van der Waals surface area contributed by atoms with Crippen molar-refractivity contribution in [3.63, 3.8) is 0 Å². The highest BCUT2D eigenvalue weighted by Crippen LogP contribution is 1.80. The van der Waals surface area contributed by atoms with Gasteiger partial charge in [0.15, 0.2) is 12.2 Å². The summed E-state index contributed by atoms with van der Waals surface area (Å²) in [5, 5.41) is 20.6. The van der Waals surface area contributed by atoms with Crippen LogP contribution in [-0.2, 0) is 9.47 Å². The standard InChI is InChI=1S/C15H31N3O4/c1-16-10-14(19)12-17-2-6-21-8-4-18(13-15(20)11-16)5-9-22-7-3-17/h14-15,19-20H,2-13H2,1H3/p+3/t14-,15-/m1/s1. The molecule has 5 N–H and O–H groups in total. The van der Waals surface area contributed by atoms with E-state index in [2.05, 4.69) is 7.05 Å². The molecule has 22 heavy (non-hydrogen) atoms. The van der Waals surface area contributed by atoms with Crippen molar-refractivity contribution >= 4 is 0 Å². The molecule has 0 aromatic rings. The van der Waals surface area contributed by atoms with Gasteiger partial charge in [0.05, 0.1) is 33.5 Å². The van der Waals surface area contributed by atoms with E-state index in [1.54, 1.807) is 0 Å². The first-order valence-electron chi connectivity index (χ1n) is 8.63. The Morgan fingerprint density at radius 3 is 1.41 bits per heavy atom. The minimum absolute atomic E-state index is 0.350. The molecular formula is C15H34N3O4+3. The van der Waals surface area contributed by atoms with Crippen molar-refractivity contribution in [3.05, 3.63) is 0 Å². The molecule has 7 nitrogen and oxygen atoms in total. The van der Waals surface area contributed by atoms with Gasteiger partial charge in [-0.1, -0.05) is 0 Å². The van der Waals surface area contributed by atoms with E-state index in [0.717, 1.165) is 65.7 Å². The Hall–Kier alpha value is -0.280. The zero-order valence-electron chi connectivity index (χ0n) is 13.9. The second kappa shape index (κ2) is 9.77. The maximum absolute atomic E-state index is 10.3. The highest BCUT2D eigenvalue weighted by molar-refractivity contribution is 4.54. The van der Waals surface area contributed by atoms with Crippen LogP contribution in [0.5, 0.6) is 0 Å². The summed E-state index contributed by atoms with van der Waals surface area (Å²) in [6.45, 7) is 9.34. The molecule has 3 heterocycles. The topological polar surface area (TPSA) is 72.2 Å². The molecular weight excluding hydrogens is 286 g/mol. The molecule has 0 aromatic carbocycles.